The molecular formula is C9H16N4O. The third kappa shape index (κ3) is 2.04. The minimum absolute atomic E-state index is 0.284. The molecule has 1 heterocycles. The summed E-state index contributed by atoms with van der Waals surface area (Å²) in [5, 5.41) is 7.58. The average molecular weight is 196 g/mol. The highest BCUT2D eigenvalue weighted by atomic mass is 16.5. The molecule has 0 atom stereocenters. The van der Waals surface area contributed by atoms with Gasteiger partial charge in [-0.1, -0.05) is 5.21 Å². The van der Waals surface area contributed by atoms with E-state index in [2.05, 4.69) is 10.3 Å². The van der Waals surface area contributed by atoms with Crippen molar-refractivity contribution in [1.82, 2.24) is 15.0 Å². The molecule has 1 aromatic heterocycles. The fourth-order valence-corrected chi connectivity index (χ4v) is 1.76. The molecule has 0 aliphatic heterocycles. The monoisotopic (exact) mass is 196 g/mol. The maximum absolute atomic E-state index is 5.81. The lowest BCUT2D eigenvalue weighted by molar-refractivity contribution is 0.135. The van der Waals surface area contributed by atoms with Gasteiger partial charge in [0.05, 0.1) is 0 Å². The Labute approximate surface area is 83.2 Å². The van der Waals surface area contributed by atoms with Gasteiger partial charge >= 0.3 is 0 Å². The highest BCUT2D eigenvalue weighted by Gasteiger charge is 2.20. The zero-order chi connectivity index (χ0) is 9.97. The molecule has 5 heteroatoms. The van der Waals surface area contributed by atoms with Crippen molar-refractivity contribution in [3.63, 3.8) is 0 Å². The lowest BCUT2D eigenvalue weighted by Crippen LogP contribution is -2.32. The molecule has 0 bridgehead atoms. The topological polar surface area (TPSA) is 66.0 Å². The fourth-order valence-electron chi connectivity index (χ4n) is 1.76. The zero-order valence-corrected chi connectivity index (χ0v) is 8.39. The Kier molecular flexibility index (Phi) is 2.67. The van der Waals surface area contributed by atoms with Crippen molar-refractivity contribution in [3.05, 3.63) is 6.20 Å². The Bertz CT molecular complexity index is 291. The van der Waals surface area contributed by atoms with E-state index in [1.807, 2.05) is 7.05 Å². The molecule has 1 fully saturated rings. The first kappa shape index (κ1) is 9.45. The number of nitrogens with two attached hydrogens (primary N) is 1. The Hall–Kier alpha value is -1.10. The van der Waals surface area contributed by atoms with Crippen LogP contribution in [0, 0.1) is 0 Å². The van der Waals surface area contributed by atoms with Gasteiger partial charge in [-0.25, -0.2) is 4.68 Å². The van der Waals surface area contributed by atoms with E-state index in [0.717, 1.165) is 31.6 Å². The van der Waals surface area contributed by atoms with Crippen molar-refractivity contribution >= 4 is 0 Å². The van der Waals surface area contributed by atoms with E-state index in [9.17, 15) is 0 Å². The quantitative estimate of drug-likeness (QED) is 0.746. The van der Waals surface area contributed by atoms with Crippen molar-refractivity contribution < 1.29 is 4.74 Å². The molecule has 2 rings (SSSR count). The first-order valence-electron chi connectivity index (χ1n) is 5.02. The van der Waals surface area contributed by atoms with Crippen LogP contribution in [0.3, 0.4) is 0 Å². The van der Waals surface area contributed by atoms with Gasteiger partial charge in [0.1, 0.15) is 12.3 Å². The molecule has 78 valence electrons. The molecule has 1 aromatic rings. The Balaban J connectivity index is 1.89. The van der Waals surface area contributed by atoms with Crippen molar-refractivity contribution in [2.75, 3.05) is 0 Å². The number of hydrogen-bond acceptors (Lipinski definition) is 4. The van der Waals surface area contributed by atoms with Gasteiger partial charge in [0.15, 0.2) is 0 Å². The number of aromatic nitrogens is 3. The van der Waals surface area contributed by atoms with Gasteiger partial charge in [0.2, 0.25) is 5.88 Å². The van der Waals surface area contributed by atoms with E-state index in [-0.39, 0.29) is 6.10 Å². The SMILES string of the molecule is Cn1nncc1OC1CCC(N)CC1. The van der Waals surface area contributed by atoms with Crippen LogP contribution in [0.4, 0.5) is 0 Å². The average Bonchev–Trinajstić information content (AvgIpc) is 2.56. The predicted octanol–water partition coefficient (Wildman–Crippen LogP) is 0.464. The van der Waals surface area contributed by atoms with E-state index in [0.29, 0.717) is 6.04 Å². The standard InChI is InChI=1S/C9H16N4O/c1-13-9(6-11-12-13)14-8-4-2-7(10)3-5-8/h6-8H,2-5,10H2,1H3. The van der Waals surface area contributed by atoms with Gasteiger partial charge in [-0.2, -0.15) is 0 Å². The number of aryl methyl sites for hydroxylation is 1. The molecule has 0 unspecified atom stereocenters. The summed E-state index contributed by atoms with van der Waals surface area (Å²) in [5.74, 6) is 0.741. The van der Waals surface area contributed by atoms with Crippen LogP contribution >= 0.6 is 0 Å². The van der Waals surface area contributed by atoms with E-state index in [4.69, 9.17) is 10.5 Å². The summed E-state index contributed by atoms with van der Waals surface area (Å²) in [6.45, 7) is 0. The number of rotatable bonds is 2. The molecule has 14 heavy (non-hydrogen) atoms. The zero-order valence-electron chi connectivity index (χ0n) is 8.39. The normalized spacial score (nSPS) is 27.6. The molecule has 5 nitrogen and oxygen atoms in total. The van der Waals surface area contributed by atoms with Crippen molar-refractivity contribution in [2.24, 2.45) is 12.8 Å². The molecule has 1 aliphatic carbocycles. The summed E-state index contributed by atoms with van der Waals surface area (Å²) in [4.78, 5) is 0. The molecule has 0 spiro atoms. The third-order valence-corrected chi connectivity index (χ3v) is 2.68. The van der Waals surface area contributed by atoms with Crippen molar-refractivity contribution in [2.45, 2.75) is 37.8 Å². The highest BCUT2D eigenvalue weighted by Crippen LogP contribution is 2.21. The third-order valence-electron chi connectivity index (χ3n) is 2.68. The van der Waals surface area contributed by atoms with Crippen LogP contribution < -0.4 is 10.5 Å². The van der Waals surface area contributed by atoms with E-state index in [1.165, 1.54) is 0 Å². The minimum Gasteiger partial charge on any atom is -0.473 e. The van der Waals surface area contributed by atoms with Gasteiger partial charge < -0.3 is 10.5 Å². The summed E-state index contributed by atoms with van der Waals surface area (Å²) in [6.07, 6.45) is 6.10. The van der Waals surface area contributed by atoms with Crippen LogP contribution in [-0.4, -0.2) is 27.1 Å². The molecule has 2 N–H and O–H groups in total. The molecule has 1 saturated carbocycles. The molecule has 0 saturated heterocycles. The van der Waals surface area contributed by atoms with Crippen molar-refractivity contribution in [3.8, 4) is 5.88 Å². The predicted molar refractivity (Wildman–Crippen MR) is 51.9 cm³/mol. The minimum atomic E-state index is 0.284. The highest BCUT2D eigenvalue weighted by molar-refractivity contribution is 5.01. The summed E-state index contributed by atoms with van der Waals surface area (Å²) < 4.78 is 7.40. The second-order valence-corrected chi connectivity index (χ2v) is 3.85. The molecule has 0 radical (unpaired) electrons. The lowest BCUT2D eigenvalue weighted by Gasteiger charge is -2.26. The number of ether oxygens (including phenoxy) is 1. The van der Waals surface area contributed by atoms with Crippen LogP contribution in [-0.2, 0) is 7.05 Å². The van der Waals surface area contributed by atoms with E-state index < -0.39 is 0 Å². The van der Waals surface area contributed by atoms with Crippen LogP contribution in [0.5, 0.6) is 5.88 Å². The first-order valence-corrected chi connectivity index (χ1v) is 5.02. The maximum atomic E-state index is 5.81. The van der Waals surface area contributed by atoms with Crippen LogP contribution in [0.1, 0.15) is 25.7 Å². The van der Waals surface area contributed by atoms with Crippen LogP contribution in [0.2, 0.25) is 0 Å². The summed E-state index contributed by atoms with van der Waals surface area (Å²) >= 11 is 0. The van der Waals surface area contributed by atoms with Crippen molar-refractivity contribution in [1.29, 1.82) is 0 Å². The smallest absolute Gasteiger partial charge is 0.232 e. The second-order valence-electron chi connectivity index (χ2n) is 3.85. The van der Waals surface area contributed by atoms with E-state index in [1.54, 1.807) is 10.9 Å². The fraction of sp³-hybridized carbons (Fsp3) is 0.778. The first-order chi connectivity index (χ1) is 6.75. The van der Waals surface area contributed by atoms with Crippen LogP contribution in [0.15, 0.2) is 6.20 Å². The largest absolute Gasteiger partial charge is 0.473 e. The van der Waals surface area contributed by atoms with Gasteiger partial charge in [-0.3, -0.25) is 0 Å². The maximum Gasteiger partial charge on any atom is 0.232 e. The lowest BCUT2D eigenvalue weighted by atomic mass is 9.94. The Morgan fingerprint density at radius 3 is 2.71 bits per heavy atom. The van der Waals surface area contributed by atoms with Gasteiger partial charge in [0.25, 0.3) is 0 Å². The Morgan fingerprint density at radius 2 is 2.14 bits per heavy atom. The molecule has 0 amide bonds. The number of hydrogen-bond donors (Lipinski definition) is 1. The second kappa shape index (κ2) is 3.96. The van der Waals surface area contributed by atoms with E-state index >= 15 is 0 Å². The van der Waals surface area contributed by atoms with Crippen LogP contribution in [0.25, 0.3) is 0 Å². The molecule has 0 aromatic carbocycles. The van der Waals surface area contributed by atoms with Gasteiger partial charge in [-0.05, 0) is 25.7 Å². The summed E-state index contributed by atoms with van der Waals surface area (Å²) in [7, 11) is 1.83. The number of nitrogens with zero attached hydrogens (tertiary/aromatic N) is 3. The summed E-state index contributed by atoms with van der Waals surface area (Å²) in [5.41, 5.74) is 5.81. The summed E-state index contributed by atoms with van der Waals surface area (Å²) in [6, 6.07) is 0.361. The molecule has 1 aliphatic rings. The molecular weight excluding hydrogens is 180 g/mol. The Morgan fingerprint density at radius 1 is 1.43 bits per heavy atom. The van der Waals surface area contributed by atoms with Gasteiger partial charge in [0, 0.05) is 13.1 Å². The van der Waals surface area contributed by atoms with Gasteiger partial charge in [-0.15, -0.1) is 5.10 Å².